The summed E-state index contributed by atoms with van der Waals surface area (Å²) in [6.45, 7) is 0. The van der Waals surface area contributed by atoms with E-state index in [1.54, 1.807) is 19.2 Å². The molecule has 0 unspecified atom stereocenters. The lowest BCUT2D eigenvalue weighted by atomic mass is 10.1. The van der Waals surface area contributed by atoms with Gasteiger partial charge in [0, 0.05) is 22.9 Å². The molecule has 0 aliphatic rings. The number of hydrogen-bond acceptors (Lipinski definition) is 4. The first-order valence-corrected chi connectivity index (χ1v) is 8.14. The number of oxazole rings is 1. The first-order valence-electron chi connectivity index (χ1n) is 8.14. The van der Waals surface area contributed by atoms with Gasteiger partial charge >= 0.3 is 0 Å². The molecule has 128 valence electrons. The molecule has 0 bridgehead atoms. The van der Waals surface area contributed by atoms with Crippen LogP contribution < -0.4 is 10.1 Å². The number of rotatable bonds is 4. The molecule has 0 spiro atoms. The van der Waals surface area contributed by atoms with Crippen LogP contribution >= 0.6 is 0 Å². The molecule has 3 aromatic carbocycles. The molecule has 0 fully saturated rings. The van der Waals surface area contributed by atoms with Gasteiger partial charge in [0.15, 0.2) is 5.58 Å². The Labute approximate surface area is 150 Å². The zero-order valence-electron chi connectivity index (χ0n) is 14.1. The lowest BCUT2D eigenvalue weighted by molar-refractivity contribution is 0.102. The number of fused-ring (bicyclic) bond motifs is 1. The fourth-order valence-electron chi connectivity index (χ4n) is 2.68. The maximum atomic E-state index is 12.3. The van der Waals surface area contributed by atoms with Crippen LogP contribution in [0.25, 0.3) is 22.6 Å². The second-order valence-corrected chi connectivity index (χ2v) is 5.75. The highest BCUT2D eigenvalue weighted by atomic mass is 16.5. The van der Waals surface area contributed by atoms with Gasteiger partial charge in [-0.15, -0.1) is 0 Å². The van der Waals surface area contributed by atoms with Crippen LogP contribution in [0.5, 0.6) is 5.75 Å². The van der Waals surface area contributed by atoms with Crippen LogP contribution in [0.2, 0.25) is 0 Å². The highest BCUT2D eigenvalue weighted by molar-refractivity contribution is 6.04. The third-order valence-electron chi connectivity index (χ3n) is 4.00. The fourth-order valence-corrected chi connectivity index (χ4v) is 2.68. The van der Waals surface area contributed by atoms with Crippen molar-refractivity contribution in [1.82, 2.24) is 4.98 Å². The molecule has 0 radical (unpaired) electrons. The number of anilines is 1. The number of nitrogens with one attached hydrogen (secondary N) is 1. The van der Waals surface area contributed by atoms with Crippen LogP contribution in [-0.2, 0) is 0 Å². The molecule has 26 heavy (non-hydrogen) atoms. The van der Waals surface area contributed by atoms with E-state index in [0.717, 1.165) is 16.8 Å². The Morgan fingerprint density at radius 2 is 1.85 bits per heavy atom. The third kappa shape index (κ3) is 3.15. The average molecular weight is 344 g/mol. The Morgan fingerprint density at radius 3 is 2.65 bits per heavy atom. The second-order valence-electron chi connectivity index (χ2n) is 5.75. The number of benzene rings is 3. The van der Waals surface area contributed by atoms with Gasteiger partial charge in [0.1, 0.15) is 11.3 Å². The van der Waals surface area contributed by atoms with Gasteiger partial charge in [-0.05, 0) is 42.5 Å². The van der Waals surface area contributed by atoms with E-state index in [1.807, 2.05) is 60.7 Å². The Hall–Kier alpha value is -3.60. The predicted molar refractivity (Wildman–Crippen MR) is 100 cm³/mol. The van der Waals surface area contributed by atoms with Crippen LogP contribution in [0.3, 0.4) is 0 Å². The van der Waals surface area contributed by atoms with E-state index in [2.05, 4.69) is 10.3 Å². The summed E-state index contributed by atoms with van der Waals surface area (Å²) < 4.78 is 11.0. The minimum Gasteiger partial charge on any atom is -0.497 e. The van der Waals surface area contributed by atoms with Crippen molar-refractivity contribution < 1.29 is 13.9 Å². The summed E-state index contributed by atoms with van der Waals surface area (Å²) in [6, 6.07) is 22.0. The minimum atomic E-state index is -0.162. The summed E-state index contributed by atoms with van der Waals surface area (Å²) in [7, 11) is 1.61. The van der Waals surface area contributed by atoms with Gasteiger partial charge in [-0.2, -0.15) is 0 Å². The first-order chi connectivity index (χ1) is 12.7. The Bertz CT molecular complexity index is 1070. The summed E-state index contributed by atoms with van der Waals surface area (Å²) in [5.74, 6) is 1.05. The maximum absolute atomic E-state index is 12.3. The van der Waals surface area contributed by atoms with Crippen LogP contribution in [0.4, 0.5) is 5.69 Å². The summed E-state index contributed by atoms with van der Waals surface area (Å²) in [4.78, 5) is 16.8. The standard InChI is InChI=1S/C21H16N2O3/c1-25-17-10-11-19-18(13-17)23-21(26-19)15-8-5-9-16(12-15)22-20(24)14-6-3-2-4-7-14/h2-13H,1H3,(H,22,24). The van der Waals surface area contributed by atoms with E-state index in [1.165, 1.54) is 0 Å². The Kier molecular flexibility index (Phi) is 4.11. The molecule has 0 saturated heterocycles. The van der Waals surface area contributed by atoms with Gasteiger partial charge in [-0.3, -0.25) is 4.79 Å². The molecule has 1 N–H and O–H groups in total. The van der Waals surface area contributed by atoms with Crippen molar-refractivity contribution in [2.24, 2.45) is 0 Å². The number of ether oxygens (including phenoxy) is 1. The molecule has 0 saturated carbocycles. The highest BCUT2D eigenvalue weighted by Crippen LogP contribution is 2.28. The number of nitrogens with zero attached hydrogens (tertiary/aromatic N) is 1. The van der Waals surface area contributed by atoms with Gasteiger partial charge in [-0.1, -0.05) is 24.3 Å². The molecule has 4 rings (SSSR count). The SMILES string of the molecule is COc1ccc2oc(-c3cccc(NC(=O)c4ccccc4)c3)nc2c1. The van der Waals surface area contributed by atoms with Gasteiger partial charge in [0.2, 0.25) is 5.89 Å². The molecule has 0 aliphatic carbocycles. The van der Waals surface area contributed by atoms with Crippen molar-refractivity contribution in [3.8, 4) is 17.2 Å². The first kappa shape index (κ1) is 15.9. The van der Waals surface area contributed by atoms with Crippen molar-refractivity contribution in [2.45, 2.75) is 0 Å². The fraction of sp³-hybridized carbons (Fsp3) is 0.0476. The lowest BCUT2D eigenvalue weighted by Gasteiger charge is -2.06. The van der Waals surface area contributed by atoms with Crippen molar-refractivity contribution in [1.29, 1.82) is 0 Å². The number of carbonyl (C=O) groups excluding carboxylic acids is 1. The largest absolute Gasteiger partial charge is 0.497 e. The second kappa shape index (κ2) is 6.72. The Morgan fingerprint density at radius 1 is 1.00 bits per heavy atom. The minimum absolute atomic E-state index is 0.162. The number of amides is 1. The van der Waals surface area contributed by atoms with E-state index in [4.69, 9.17) is 9.15 Å². The number of hydrogen-bond donors (Lipinski definition) is 1. The molecule has 5 heteroatoms. The topological polar surface area (TPSA) is 64.4 Å². The number of carbonyl (C=O) groups is 1. The number of methoxy groups -OCH3 is 1. The predicted octanol–water partition coefficient (Wildman–Crippen LogP) is 4.76. The van der Waals surface area contributed by atoms with Gasteiger partial charge < -0.3 is 14.5 Å². The van der Waals surface area contributed by atoms with Crippen molar-refractivity contribution in [2.75, 3.05) is 12.4 Å². The quantitative estimate of drug-likeness (QED) is 0.580. The summed E-state index contributed by atoms with van der Waals surface area (Å²) in [6.07, 6.45) is 0. The van der Waals surface area contributed by atoms with Gasteiger partial charge in [0.05, 0.1) is 7.11 Å². The molecular weight excluding hydrogens is 328 g/mol. The molecule has 0 atom stereocenters. The van der Waals surface area contributed by atoms with Gasteiger partial charge in [0.25, 0.3) is 5.91 Å². The molecule has 0 aliphatic heterocycles. The third-order valence-corrected chi connectivity index (χ3v) is 4.00. The molecule has 1 amide bonds. The summed E-state index contributed by atoms with van der Waals surface area (Å²) in [5, 5.41) is 2.89. The van der Waals surface area contributed by atoms with Crippen LogP contribution in [-0.4, -0.2) is 18.0 Å². The molecule has 1 heterocycles. The molecular formula is C21H16N2O3. The van der Waals surface area contributed by atoms with Crippen LogP contribution in [0.1, 0.15) is 10.4 Å². The zero-order valence-corrected chi connectivity index (χ0v) is 14.1. The van der Waals surface area contributed by atoms with Crippen LogP contribution in [0, 0.1) is 0 Å². The highest BCUT2D eigenvalue weighted by Gasteiger charge is 2.11. The van der Waals surface area contributed by atoms with Crippen molar-refractivity contribution >= 4 is 22.7 Å². The van der Waals surface area contributed by atoms with Crippen molar-refractivity contribution in [3.05, 3.63) is 78.4 Å². The number of aromatic nitrogens is 1. The Balaban J connectivity index is 1.62. The average Bonchev–Trinajstić information content (AvgIpc) is 3.12. The molecule has 4 aromatic rings. The maximum Gasteiger partial charge on any atom is 0.255 e. The zero-order chi connectivity index (χ0) is 17.9. The molecule has 5 nitrogen and oxygen atoms in total. The summed E-state index contributed by atoms with van der Waals surface area (Å²) >= 11 is 0. The summed E-state index contributed by atoms with van der Waals surface area (Å²) in [5.41, 5.74) is 3.46. The molecule has 1 aromatic heterocycles. The van der Waals surface area contributed by atoms with E-state index in [-0.39, 0.29) is 5.91 Å². The van der Waals surface area contributed by atoms with E-state index < -0.39 is 0 Å². The monoisotopic (exact) mass is 344 g/mol. The van der Waals surface area contributed by atoms with Crippen LogP contribution in [0.15, 0.2) is 77.2 Å². The van der Waals surface area contributed by atoms with E-state index in [0.29, 0.717) is 22.7 Å². The van der Waals surface area contributed by atoms with Crippen molar-refractivity contribution in [3.63, 3.8) is 0 Å². The smallest absolute Gasteiger partial charge is 0.255 e. The van der Waals surface area contributed by atoms with E-state index in [9.17, 15) is 4.79 Å². The lowest BCUT2D eigenvalue weighted by Crippen LogP contribution is -2.11. The van der Waals surface area contributed by atoms with Gasteiger partial charge in [-0.25, -0.2) is 4.98 Å². The normalized spacial score (nSPS) is 10.7. The van der Waals surface area contributed by atoms with E-state index >= 15 is 0 Å².